The summed E-state index contributed by atoms with van der Waals surface area (Å²) in [5.74, 6) is 0.315. The number of benzene rings is 1. The maximum absolute atomic E-state index is 11.9. The van der Waals surface area contributed by atoms with E-state index >= 15 is 0 Å². The average Bonchev–Trinajstić information content (AvgIpc) is 3.03. The normalized spacial score (nSPS) is 10.8. The molecule has 0 radical (unpaired) electrons. The van der Waals surface area contributed by atoms with Crippen LogP contribution in [0.4, 0.5) is 5.82 Å². The third-order valence-electron chi connectivity index (χ3n) is 3.19. The van der Waals surface area contributed by atoms with Crippen LogP contribution in [0.2, 0.25) is 0 Å². The fraction of sp³-hybridized carbons (Fsp3) is 0.0556. The van der Waals surface area contributed by atoms with Crippen molar-refractivity contribution in [2.75, 3.05) is 5.32 Å². The van der Waals surface area contributed by atoms with Crippen LogP contribution in [0.25, 0.3) is 11.8 Å². The summed E-state index contributed by atoms with van der Waals surface area (Å²) < 4.78 is 1.76. The zero-order chi connectivity index (χ0) is 16.1. The van der Waals surface area contributed by atoms with Gasteiger partial charge in [-0.2, -0.15) is 5.10 Å². The minimum absolute atomic E-state index is 0.226. The van der Waals surface area contributed by atoms with E-state index in [1.807, 2.05) is 55.6 Å². The molecule has 2 aromatic heterocycles. The van der Waals surface area contributed by atoms with E-state index in [2.05, 4.69) is 15.4 Å². The topological polar surface area (TPSA) is 59.8 Å². The molecule has 1 aromatic carbocycles. The Morgan fingerprint density at radius 3 is 2.74 bits per heavy atom. The van der Waals surface area contributed by atoms with E-state index in [4.69, 9.17) is 0 Å². The number of rotatable bonds is 4. The van der Waals surface area contributed by atoms with Crippen molar-refractivity contribution < 1.29 is 4.79 Å². The van der Waals surface area contributed by atoms with Gasteiger partial charge in [-0.3, -0.25) is 4.79 Å². The lowest BCUT2D eigenvalue weighted by Crippen LogP contribution is -2.09. The second-order valence-electron chi connectivity index (χ2n) is 5.04. The molecule has 5 nitrogen and oxygen atoms in total. The summed E-state index contributed by atoms with van der Waals surface area (Å²) in [5, 5.41) is 7.01. The number of pyridine rings is 1. The van der Waals surface area contributed by atoms with Crippen molar-refractivity contribution in [2.45, 2.75) is 6.92 Å². The van der Waals surface area contributed by atoms with Crippen molar-refractivity contribution in [3.8, 4) is 5.69 Å². The van der Waals surface area contributed by atoms with Crippen molar-refractivity contribution in [1.82, 2.24) is 14.8 Å². The highest BCUT2D eigenvalue weighted by molar-refractivity contribution is 6.01. The van der Waals surface area contributed by atoms with E-state index in [9.17, 15) is 4.79 Å². The SMILES string of the molecule is Cc1cccc(NC(=O)/C=C/c2cnn(-c3ccccc3)c2)n1. The minimum Gasteiger partial charge on any atom is -0.307 e. The third kappa shape index (κ3) is 3.91. The fourth-order valence-electron chi connectivity index (χ4n) is 2.10. The highest BCUT2D eigenvalue weighted by Gasteiger charge is 2.01. The molecule has 0 spiro atoms. The molecule has 23 heavy (non-hydrogen) atoms. The molecule has 3 rings (SSSR count). The lowest BCUT2D eigenvalue weighted by molar-refractivity contribution is -0.111. The molecular formula is C18H16N4O. The second kappa shape index (κ2) is 6.70. The molecule has 0 bridgehead atoms. The minimum atomic E-state index is -0.226. The summed E-state index contributed by atoms with van der Waals surface area (Å²) in [4.78, 5) is 16.1. The van der Waals surface area contributed by atoms with Crippen LogP contribution in [-0.2, 0) is 4.79 Å². The number of hydrogen-bond donors (Lipinski definition) is 1. The number of anilines is 1. The van der Waals surface area contributed by atoms with Crippen LogP contribution in [0.3, 0.4) is 0 Å². The van der Waals surface area contributed by atoms with Gasteiger partial charge in [0, 0.05) is 23.5 Å². The maximum atomic E-state index is 11.9. The van der Waals surface area contributed by atoms with Crippen LogP contribution < -0.4 is 5.32 Å². The van der Waals surface area contributed by atoms with Crippen LogP contribution in [-0.4, -0.2) is 20.7 Å². The lowest BCUT2D eigenvalue weighted by Gasteiger charge is -2.01. The van der Waals surface area contributed by atoms with Crippen molar-refractivity contribution in [2.24, 2.45) is 0 Å². The quantitative estimate of drug-likeness (QED) is 0.753. The molecule has 0 fully saturated rings. The number of carbonyl (C=O) groups excluding carboxylic acids is 1. The first-order valence-electron chi connectivity index (χ1n) is 7.23. The molecule has 0 saturated heterocycles. The second-order valence-corrected chi connectivity index (χ2v) is 5.04. The molecule has 2 heterocycles. The lowest BCUT2D eigenvalue weighted by atomic mass is 10.3. The summed E-state index contributed by atoms with van der Waals surface area (Å²) in [5.41, 5.74) is 2.68. The average molecular weight is 304 g/mol. The van der Waals surface area contributed by atoms with E-state index < -0.39 is 0 Å². The molecule has 0 aliphatic heterocycles. The van der Waals surface area contributed by atoms with Gasteiger partial charge in [0.2, 0.25) is 5.91 Å². The van der Waals surface area contributed by atoms with Crippen molar-refractivity contribution in [1.29, 1.82) is 0 Å². The number of aromatic nitrogens is 3. The molecule has 0 aliphatic carbocycles. The Hall–Kier alpha value is -3.21. The highest BCUT2D eigenvalue weighted by atomic mass is 16.1. The smallest absolute Gasteiger partial charge is 0.249 e. The van der Waals surface area contributed by atoms with Gasteiger partial charge in [0.05, 0.1) is 11.9 Å². The first-order chi connectivity index (χ1) is 11.2. The Kier molecular flexibility index (Phi) is 4.29. The van der Waals surface area contributed by atoms with Crippen LogP contribution in [0.5, 0.6) is 0 Å². The van der Waals surface area contributed by atoms with Crippen LogP contribution in [0, 0.1) is 6.92 Å². The Morgan fingerprint density at radius 1 is 1.13 bits per heavy atom. The van der Waals surface area contributed by atoms with Gasteiger partial charge in [0.25, 0.3) is 0 Å². The number of nitrogens with zero attached hydrogens (tertiary/aromatic N) is 3. The van der Waals surface area contributed by atoms with Gasteiger partial charge in [-0.05, 0) is 37.3 Å². The Balaban J connectivity index is 1.66. The number of nitrogens with one attached hydrogen (secondary N) is 1. The number of aryl methyl sites for hydroxylation is 1. The van der Waals surface area contributed by atoms with Gasteiger partial charge in [-0.25, -0.2) is 9.67 Å². The summed E-state index contributed by atoms with van der Waals surface area (Å²) in [7, 11) is 0. The Labute approximate surface area is 134 Å². The molecular weight excluding hydrogens is 288 g/mol. The number of carbonyl (C=O) groups is 1. The summed E-state index contributed by atoms with van der Waals surface area (Å²) in [6, 6.07) is 15.3. The van der Waals surface area contributed by atoms with Gasteiger partial charge in [-0.15, -0.1) is 0 Å². The van der Waals surface area contributed by atoms with Gasteiger partial charge >= 0.3 is 0 Å². The molecule has 3 aromatic rings. The standard InChI is InChI=1S/C18H16N4O/c1-14-6-5-9-17(20-14)21-18(23)11-10-15-12-19-22(13-15)16-7-3-2-4-8-16/h2-13H,1H3,(H,20,21,23)/b11-10+. The molecule has 5 heteroatoms. The van der Waals surface area contributed by atoms with Gasteiger partial charge in [-0.1, -0.05) is 24.3 Å². The van der Waals surface area contributed by atoms with Gasteiger partial charge < -0.3 is 5.32 Å². The largest absolute Gasteiger partial charge is 0.307 e. The predicted octanol–water partition coefficient (Wildman–Crippen LogP) is 3.23. The monoisotopic (exact) mass is 304 g/mol. The number of amides is 1. The Morgan fingerprint density at radius 2 is 1.96 bits per heavy atom. The fourth-order valence-corrected chi connectivity index (χ4v) is 2.10. The van der Waals surface area contributed by atoms with E-state index in [-0.39, 0.29) is 5.91 Å². The number of hydrogen-bond acceptors (Lipinski definition) is 3. The third-order valence-corrected chi connectivity index (χ3v) is 3.19. The van der Waals surface area contributed by atoms with Gasteiger partial charge in [0.15, 0.2) is 0 Å². The van der Waals surface area contributed by atoms with E-state index in [1.54, 1.807) is 23.0 Å². The molecule has 1 amide bonds. The first kappa shape index (κ1) is 14.7. The summed E-state index contributed by atoms with van der Waals surface area (Å²) in [6.45, 7) is 1.88. The van der Waals surface area contributed by atoms with Crippen LogP contribution in [0.15, 0.2) is 67.0 Å². The number of para-hydroxylation sites is 1. The summed E-state index contributed by atoms with van der Waals surface area (Å²) >= 11 is 0. The molecule has 114 valence electrons. The Bertz CT molecular complexity index is 837. The molecule has 0 aliphatic rings. The molecule has 1 N–H and O–H groups in total. The van der Waals surface area contributed by atoms with Crippen molar-refractivity contribution >= 4 is 17.8 Å². The van der Waals surface area contributed by atoms with Crippen LogP contribution >= 0.6 is 0 Å². The van der Waals surface area contributed by atoms with Crippen LogP contribution in [0.1, 0.15) is 11.3 Å². The zero-order valence-electron chi connectivity index (χ0n) is 12.7. The van der Waals surface area contributed by atoms with Crippen molar-refractivity contribution in [3.05, 3.63) is 78.3 Å². The highest BCUT2D eigenvalue weighted by Crippen LogP contribution is 2.09. The van der Waals surface area contributed by atoms with Gasteiger partial charge in [0.1, 0.15) is 5.82 Å². The van der Waals surface area contributed by atoms with E-state index in [0.717, 1.165) is 16.9 Å². The maximum Gasteiger partial charge on any atom is 0.249 e. The first-order valence-corrected chi connectivity index (χ1v) is 7.23. The molecule has 0 atom stereocenters. The molecule has 0 saturated carbocycles. The molecule has 0 unspecified atom stereocenters. The van der Waals surface area contributed by atoms with E-state index in [1.165, 1.54) is 6.08 Å². The van der Waals surface area contributed by atoms with E-state index in [0.29, 0.717) is 5.82 Å². The summed E-state index contributed by atoms with van der Waals surface area (Å²) in [6.07, 6.45) is 6.76. The zero-order valence-corrected chi connectivity index (χ0v) is 12.7. The van der Waals surface area contributed by atoms with Crippen molar-refractivity contribution in [3.63, 3.8) is 0 Å². The predicted molar refractivity (Wildman–Crippen MR) is 90.2 cm³/mol.